The van der Waals surface area contributed by atoms with E-state index in [-0.39, 0.29) is 11.8 Å². The van der Waals surface area contributed by atoms with Crippen LogP contribution in [0.5, 0.6) is 11.6 Å². The lowest BCUT2D eigenvalue weighted by atomic mass is 9.87. The lowest BCUT2D eigenvalue weighted by molar-refractivity contribution is -0.00876. The summed E-state index contributed by atoms with van der Waals surface area (Å²) in [5.74, 6) is 1.92. The maximum Gasteiger partial charge on any atom is 0.212 e. The molecule has 0 aromatic carbocycles. The lowest BCUT2D eigenvalue weighted by Gasteiger charge is -2.56. The minimum absolute atomic E-state index is 0.0809. The molecule has 200 valence electrons. The summed E-state index contributed by atoms with van der Waals surface area (Å²) in [6.07, 6.45) is 5.71. The first-order valence-corrected chi connectivity index (χ1v) is 13.2. The highest BCUT2D eigenvalue weighted by Gasteiger charge is 2.44. The molecule has 10 nitrogen and oxygen atoms in total. The third-order valence-corrected chi connectivity index (χ3v) is 7.74. The van der Waals surface area contributed by atoms with E-state index in [1.165, 1.54) is 22.7 Å². The van der Waals surface area contributed by atoms with Gasteiger partial charge in [-0.1, -0.05) is 17.7 Å². The van der Waals surface area contributed by atoms with Crippen LogP contribution in [0.3, 0.4) is 0 Å². The normalized spacial score (nSPS) is 19.4. The van der Waals surface area contributed by atoms with Crippen molar-refractivity contribution < 1.29 is 14.6 Å². The van der Waals surface area contributed by atoms with Crippen molar-refractivity contribution in [1.29, 1.82) is 5.26 Å². The Morgan fingerprint density at radius 2 is 1.97 bits per heavy atom. The molecule has 3 fully saturated rings. The number of pyridine rings is 3. The molecule has 0 radical (unpaired) electrons. The summed E-state index contributed by atoms with van der Waals surface area (Å²) in [6.45, 7) is 4.42. The van der Waals surface area contributed by atoms with Gasteiger partial charge in [0.2, 0.25) is 5.88 Å². The highest BCUT2D eigenvalue weighted by molar-refractivity contribution is 6.31. The zero-order valence-electron chi connectivity index (χ0n) is 21.7. The van der Waals surface area contributed by atoms with Crippen molar-refractivity contribution in [3.63, 3.8) is 0 Å². The number of nitriles is 1. The van der Waals surface area contributed by atoms with Gasteiger partial charge in [0, 0.05) is 61.3 Å². The SMILES string of the molecule is COc1ccc(CN2C3CC2CN(c2ccc(-c4cc(OC[C@@H](C)O)c(Cl)n5ncc(C#N)c45)cn2)C3)cn1. The number of ether oxygens (including phenoxy) is 2. The first-order valence-electron chi connectivity index (χ1n) is 12.8. The summed E-state index contributed by atoms with van der Waals surface area (Å²) in [5, 5.41) is 23.9. The molecule has 2 unspecified atom stereocenters. The second-order valence-electron chi connectivity index (χ2n) is 10.0. The Morgan fingerprint density at radius 3 is 2.62 bits per heavy atom. The smallest absolute Gasteiger partial charge is 0.212 e. The Hall–Kier alpha value is -3.91. The van der Waals surface area contributed by atoms with E-state index in [1.54, 1.807) is 20.1 Å². The first-order chi connectivity index (χ1) is 18.9. The molecule has 0 saturated carbocycles. The number of aromatic nitrogens is 4. The lowest BCUT2D eigenvalue weighted by Crippen LogP contribution is -2.68. The topological polar surface area (TPSA) is 112 Å². The Balaban J connectivity index is 1.21. The molecule has 39 heavy (non-hydrogen) atoms. The van der Waals surface area contributed by atoms with E-state index < -0.39 is 6.10 Å². The van der Waals surface area contributed by atoms with E-state index >= 15 is 0 Å². The minimum atomic E-state index is -0.659. The molecule has 7 rings (SSSR count). The van der Waals surface area contributed by atoms with Crippen LogP contribution in [0.15, 0.2) is 48.9 Å². The molecule has 3 aliphatic rings. The predicted octanol–water partition coefficient (Wildman–Crippen LogP) is 3.55. The molecule has 3 saturated heterocycles. The van der Waals surface area contributed by atoms with E-state index in [4.69, 9.17) is 26.1 Å². The third-order valence-electron chi connectivity index (χ3n) is 7.39. The fourth-order valence-corrected chi connectivity index (χ4v) is 5.67. The molecular formula is C28H28ClN7O3. The number of hydrogen-bond acceptors (Lipinski definition) is 9. The number of methoxy groups -OCH3 is 1. The summed E-state index contributed by atoms with van der Waals surface area (Å²) in [6, 6.07) is 12.9. The summed E-state index contributed by atoms with van der Waals surface area (Å²) < 4.78 is 12.4. The highest BCUT2D eigenvalue weighted by Crippen LogP contribution is 2.38. The van der Waals surface area contributed by atoms with E-state index in [9.17, 15) is 10.4 Å². The molecule has 1 N–H and O–H groups in total. The van der Waals surface area contributed by atoms with Crippen molar-refractivity contribution in [2.45, 2.75) is 38.1 Å². The monoisotopic (exact) mass is 545 g/mol. The van der Waals surface area contributed by atoms with E-state index in [2.05, 4.69) is 32.0 Å². The maximum atomic E-state index is 9.67. The van der Waals surface area contributed by atoms with Crippen LogP contribution in [0.1, 0.15) is 24.5 Å². The van der Waals surface area contributed by atoms with Crippen molar-refractivity contribution in [3.8, 4) is 28.8 Å². The number of halogens is 1. The Bertz CT molecular complexity index is 1520. The molecule has 0 spiro atoms. The van der Waals surface area contributed by atoms with Gasteiger partial charge in [0.05, 0.1) is 30.5 Å². The van der Waals surface area contributed by atoms with Gasteiger partial charge in [0.25, 0.3) is 0 Å². The average Bonchev–Trinajstić information content (AvgIpc) is 3.41. The molecule has 0 amide bonds. The van der Waals surface area contributed by atoms with E-state index in [0.717, 1.165) is 36.6 Å². The molecule has 4 aromatic heterocycles. The summed E-state index contributed by atoms with van der Waals surface area (Å²) in [7, 11) is 1.62. The average molecular weight is 546 g/mol. The number of aliphatic hydroxyl groups excluding tert-OH is 1. The van der Waals surface area contributed by atoms with Gasteiger partial charge >= 0.3 is 0 Å². The molecule has 3 atom stereocenters. The van der Waals surface area contributed by atoms with Crippen molar-refractivity contribution in [1.82, 2.24) is 24.5 Å². The van der Waals surface area contributed by atoms with Gasteiger partial charge in [0.1, 0.15) is 18.5 Å². The van der Waals surface area contributed by atoms with Crippen LogP contribution < -0.4 is 14.4 Å². The number of rotatable bonds is 8. The molecular weight excluding hydrogens is 518 g/mol. The number of hydrogen-bond donors (Lipinski definition) is 1. The highest BCUT2D eigenvalue weighted by atomic mass is 35.5. The maximum absolute atomic E-state index is 9.67. The number of anilines is 1. The molecule has 2 bridgehead atoms. The van der Waals surface area contributed by atoms with Gasteiger partial charge in [0.15, 0.2) is 10.9 Å². The van der Waals surface area contributed by atoms with Crippen molar-refractivity contribution >= 4 is 22.9 Å². The minimum Gasteiger partial charge on any atom is -0.488 e. The summed E-state index contributed by atoms with van der Waals surface area (Å²) in [5.41, 5.74) is 3.72. The number of fused-ring (bicyclic) bond motifs is 3. The third kappa shape index (κ3) is 4.74. The van der Waals surface area contributed by atoms with Crippen LogP contribution in [0.25, 0.3) is 16.6 Å². The van der Waals surface area contributed by atoms with E-state index in [1.807, 2.05) is 30.6 Å². The summed E-state index contributed by atoms with van der Waals surface area (Å²) >= 11 is 6.52. The molecule has 0 aliphatic carbocycles. The molecule has 7 heterocycles. The van der Waals surface area contributed by atoms with E-state index in [0.29, 0.717) is 34.8 Å². The quantitative estimate of drug-likeness (QED) is 0.332. The second-order valence-corrected chi connectivity index (χ2v) is 10.4. The summed E-state index contributed by atoms with van der Waals surface area (Å²) in [4.78, 5) is 14.0. The molecule has 4 aromatic rings. The zero-order valence-corrected chi connectivity index (χ0v) is 22.4. The van der Waals surface area contributed by atoms with Crippen molar-refractivity contribution in [2.75, 3.05) is 31.7 Å². The van der Waals surface area contributed by atoms with Gasteiger partial charge in [-0.25, -0.2) is 14.5 Å². The zero-order chi connectivity index (χ0) is 27.1. The van der Waals surface area contributed by atoms with Gasteiger partial charge in [-0.15, -0.1) is 0 Å². The largest absolute Gasteiger partial charge is 0.488 e. The predicted molar refractivity (Wildman–Crippen MR) is 146 cm³/mol. The Morgan fingerprint density at radius 1 is 1.15 bits per heavy atom. The van der Waals surface area contributed by atoms with Crippen LogP contribution >= 0.6 is 11.6 Å². The number of nitrogens with zero attached hydrogens (tertiary/aromatic N) is 7. The first kappa shape index (κ1) is 25.4. The van der Waals surface area contributed by atoms with Crippen LogP contribution in [-0.4, -0.2) is 74.6 Å². The van der Waals surface area contributed by atoms with Gasteiger partial charge < -0.3 is 19.5 Å². The van der Waals surface area contributed by atoms with Crippen LogP contribution in [0, 0.1) is 11.3 Å². The fourth-order valence-electron chi connectivity index (χ4n) is 5.43. The standard InChI is InChI=1S/C28H28ClN7O3/c1-17(37)16-39-24-8-23(27-20(9-30)12-33-36(27)28(24)29)19-4-5-25(31-11-19)34-14-21-7-22(15-34)35(21)13-18-3-6-26(38-2)32-10-18/h3-6,8,10-12,17,21-22,37H,7,13-16H2,1-2H3/t17-,21?,22?/m1/s1. The Labute approximate surface area is 231 Å². The van der Waals surface area contributed by atoms with Gasteiger partial charge in [-0.3, -0.25) is 4.90 Å². The fraction of sp³-hybridized carbons (Fsp3) is 0.357. The van der Waals surface area contributed by atoms with Crippen molar-refractivity contribution in [2.24, 2.45) is 0 Å². The van der Waals surface area contributed by atoms with Gasteiger partial charge in [-0.05, 0) is 37.1 Å². The van der Waals surface area contributed by atoms with Crippen LogP contribution in [0.4, 0.5) is 5.82 Å². The van der Waals surface area contributed by atoms with Crippen molar-refractivity contribution in [3.05, 3.63) is 65.2 Å². The number of piperidine rings is 1. The number of piperazine rings is 1. The Kier molecular flexibility index (Phi) is 6.73. The second kappa shape index (κ2) is 10.3. The number of aliphatic hydroxyl groups is 1. The molecule has 11 heteroatoms. The van der Waals surface area contributed by atoms with Crippen LogP contribution in [-0.2, 0) is 6.54 Å². The molecule has 3 aliphatic heterocycles. The van der Waals surface area contributed by atoms with Gasteiger partial charge in [-0.2, -0.15) is 10.4 Å². The van der Waals surface area contributed by atoms with Crippen LogP contribution in [0.2, 0.25) is 5.15 Å².